The first kappa shape index (κ1) is 16.2. The minimum Gasteiger partial charge on any atom is -0.358 e. The Balaban J connectivity index is 2.12. The zero-order valence-electron chi connectivity index (χ0n) is 13.4. The molecule has 0 N–H and O–H groups in total. The quantitative estimate of drug-likeness (QED) is 0.672. The van der Waals surface area contributed by atoms with Gasteiger partial charge in [-0.3, -0.25) is 0 Å². The highest BCUT2D eigenvalue weighted by molar-refractivity contribution is 7.09. The summed E-state index contributed by atoms with van der Waals surface area (Å²) in [6, 6.07) is 13.4. The molecule has 2 aromatic rings. The Labute approximate surface area is 131 Å². The van der Waals surface area contributed by atoms with Crippen LogP contribution in [0.4, 0.5) is 0 Å². The van der Waals surface area contributed by atoms with Crippen LogP contribution in [0.1, 0.15) is 45.9 Å². The van der Waals surface area contributed by atoms with E-state index in [-0.39, 0.29) is 6.10 Å². The summed E-state index contributed by atoms with van der Waals surface area (Å²) in [7, 11) is 2.43. The number of benzene rings is 2. The molecule has 2 atom stereocenters. The highest BCUT2D eigenvalue weighted by Crippen LogP contribution is 2.27. The van der Waals surface area contributed by atoms with E-state index in [1.54, 1.807) is 0 Å². The van der Waals surface area contributed by atoms with Crippen molar-refractivity contribution >= 4 is 9.47 Å². The van der Waals surface area contributed by atoms with Gasteiger partial charge in [0.15, 0.2) is 0 Å². The van der Waals surface area contributed by atoms with Crippen LogP contribution in [0.25, 0.3) is 0 Å². The average Bonchev–Trinajstić information content (AvgIpc) is 2.37. The largest absolute Gasteiger partial charge is 0.358 e. The number of hydrogen-bond acceptors (Lipinski definition) is 1. The van der Waals surface area contributed by atoms with Crippen molar-refractivity contribution in [1.82, 2.24) is 0 Å². The van der Waals surface area contributed by atoms with Crippen LogP contribution in [0.2, 0.25) is 0 Å². The molecular weight excluding hydrogens is 275 g/mol. The highest BCUT2D eigenvalue weighted by atomic mass is 31.0. The van der Waals surface area contributed by atoms with Gasteiger partial charge in [-0.1, -0.05) is 58.7 Å². The predicted molar refractivity (Wildman–Crippen MR) is 93.7 cm³/mol. The standard InChI is InChI=1S/C19H25OP/c1-13-7-14(2)10-17(9-13)5-6-19(20-21)18-11-15(3)8-16(4)12-18/h7-12,19H,5-6,21H2,1-4H3. The van der Waals surface area contributed by atoms with Gasteiger partial charge in [0, 0.05) is 9.47 Å². The summed E-state index contributed by atoms with van der Waals surface area (Å²) < 4.78 is 5.65. The fourth-order valence-corrected chi connectivity index (χ4v) is 3.31. The molecule has 0 spiro atoms. The van der Waals surface area contributed by atoms with Crippen LogP contribution in [0, 0.1) is 27.7 Å². The summed E-state index contributed by atoms with van der Waals surface area (Å²) in [6.07, 6.45) is 2.17. The third-order valence-corrected chi connectivity index (χ3v) is 4.09. The normalized spacial score (nSPS) is 12.4. The molecular formula is C19H25OP. The summed E-state index contributed by atoms with van der Waals surface area (Å²) in [5, 5.41) is 0. The van der Waals surface area contributed by atoms with E-state index in [1.165, 1.54) is 33.4 Å². The van der Waals surface area contributed by atoms with Gasteiger partial charge in [-0.2, -0.15) is 0 Å². The SMILES string of the molecule is Cc1cc(C)cc(CCC(OP)c2cc(C)cc(C)c2)c1. The van der Waals surface area contributed by atoms with Gasteiger partial charge in [0.1, 0.15) is 0 Å². The molecule has 0 aromatic heterocycles. The van der Waals surface area contributed by atoms with E-state index >= 15 is 0 Å². The van der Waals surface area contributed by atoms with Crippen molar-refractivity contribution in [3.63, 3.8) is 0 Å². The van der Waals surface area contributed by atoms with E-state index in [0.29, 0.717) is 0 Å². The third-order valence-electron chi connectivity index (χ3n) is 3.76. The van der Waals surface area contributed by atoms with Crippen LogP contribution in [0.3, 0.4) is 0 Å². The third kappa shape index (κ3) is 4.66. The molecule has 0 aliphatic carbocycles. The van der Waals surface area contributed by atoms with Crippen LogP contribution < -0.4 is 0 Å². The van der Waals surface area contributed by atoms with Crippen LogP contribution in [0.15, 0.2) is 36.4 Å². The van der Waals surface area contributed by atoms with Gasteiger partial charge >= 0.3 is 0 Å². The van der Waals surface area contributed by atoms with Gasteiger partial charge in [-0.15, -0.1) is 0 Å². The predicted octanol–water partition coefficient (Wildman–Crippen LogP) is 5.40. The van der Waals surface area contributed by atoms with Gasteiger partial charge in [0.2, 0.25) is 0 Å². The number of rotatable bonds is 5. The molecule has 112 valence electrons. The van der Waals surface area contributed by atoms with Crippen LogP contribution in [-0.4, -0.2) is 0 Å². The maximum atomic E-state index is 5.65. The fourth-order valence-electron chi connectivity index (χ4n) is 3.02. The molecule has 2 heteroatoms. The van der Waals surface area contributed by atoms with Gasteiger partial charge in [-0.05, 0) is 51.7 Å². The smallest absolute Gasteiger partial charge is 0.0864 e. The topological polar surface area (TPSA) is 9.23 Å². The number of hydrogen-bond donors (Lipinski definition) is 0. The van der Waals surface area contributed by atoms with Gasteiger partial charge in [-0.25, -0.2) is 0 Å². The summed E-state index contributed by atoms with van der Waals surface area (Å²) in [5.41, 5.74) is 7.92. The molecule has 0 aliphatic rings. The van der Waals surface area contributed by atoms with E-state index in [9.17, 15) is 0 Å². The minimum atomic E-state index is 0.134. The average molecular weight is 300 g/mol. The maximum Gasteiger partial charge on any atom is 0.0864 e. The molecule has 0 saturated heterocycles. The van der Waals surface area contributed by atoms with Gasteiger partial charge in [0.25, 0.3) is 0 Å². The minimum absolute atomic E-state index is 0.134. The molecule has 0 aliphatic heterocycles. The van der Waals surface area contributed by atoms with Crippen LogP contribution in [-0.2, 0) is 10.9 Å². The van der Waals surface area contributed by atoms with Crippen molar-refractivity contribution in [1.29, 1.82) is 0 Å². The fraction of sp³-hybridized carbons (Fsp3) is 0.368. The first-order valence-corrected chi connectivity index (χ1v) is 7.96. The summed E-state index contributed by atoms with van der Waals surface area (Å²) >= 11 is 0. The lowest BCUT2D eigenvalue weighted by Crippen LogP contribution is -2.02. The maximum absolute atomic E-state index is 5.65. The zero-order valence-corrected chi connectivity index (χ0v) is 14.6. The first-order chi connectivity index (χ1) is 9.97. The molecule has 2 aromatic carbocycles. The van der Waals surface area contributed by atoms with Crippen LogP contribution >= 0.6 is 9.47 Å². The van der Waals surface area contributed by atoms with Crippen molar-refractivity contribution in [2.24, 2.45) is 0 Å². The lowest BCUT2D eigenvalue weighted by molar-refractivity contribution is 0.233. The van der Waals surface area contributed by atoms with E-state index in [4.69, 9.17) is 4.52 Å². The molecule has 0 saturated carbocycles. The van der Waals surface area contributed by atoms with Crippen molar-refractivity contribution in [3.05, 3.63) is 69.8 Å². The molecule has 0 amide bonds. The first-order valence-electron chi connectivity index (χ1n) is 7.49. The Morgan fingerprint density at radius 3 is 1.76 bits per heavy atom. The van der Waals surface area contributed by atoms with Gasteiger partial charge in [0.05, 0.1) is 6.10 Å². The van der Waals surface area contributed by atoms with Crippen molar-refractivity contribution in [3.8, 4) is 0 Å². The summed E-state index contributed by atoms with van der Waals surface area (Å²) in [6.45, 7) is 8.59. The second-order valence-electron chi connectivity index (χ2n) is 6.08. The molecule has 2 rings (SSSR count). The monoisotopic (exact) mass is 300 g/mol. The lowest BCUT2D eigenvalue weighted by Gasteiger charge is -2.17. The Morgan fingerprint density at radius 1 is 0.810 bits per heavy atom. The Bertz CT molecular complexity index is 578. The van der Waals surface area contributed by atoms with E-state index in [0.717, 1.165) is 12.8 Å². The molecule has 0 bridgehead atoms. The summed E-state index contributed by atoms with van der Waals surface area (Å²) in [5.74, 6) is 0. The number of aryl methyl sites for hydroxylation is 5. The van der Waals surface area contributed by atoms with E-state index in [2.05, 4.69) is 73.6 Å². The molecule has 0 heterocycles. The van der Waals surface area contributed by atoms with Crippen molar-refractivity contribution in [2.75, 3.05) is 0 Å². The van der Waals surface area contributed by atoms with Crippen molar-refractivity contribution in [2.45, 2.75) is 46.6 Å². The Morgan fingerprint density at radius 2 is 1.29 bits per heavy atom. The second kappa shape index (κ2) is 7.20. The molecule has 21 heavy (non-hydrogen) atoms. The highest BCUT2D eigenvalue weighted by Gasteiger charge is 2.12. The molecule has 0 radical (unpaired) electrons. The van der Waals surface area contributed by atoms with Crippen LogP contribution in [0.5, 0.6) is 0 Å². The zero-order chi connectivity index (χ0) is 15.4. The summed E-state index contributed by atoms with van der Waals surface area (Å²) in [4.78, 5) is 0. The molecule has 2 unspecified atom stereocenters. The Hall–Kier alpha value is -1.17. The molecule has 0 fully saturated rings. The Kier molecular flexibility index (Phi) is 5.56. The lowest BCUT2D eigenvalue weighted by atomic mass is 9.97. The van der Waals surface area contributed by atoms with Crippen molar-refractivity contribution < 1.29 is 4.52 Å². The van der Waals surface area contributed by atoms with Gasteiger partial charge < -0.3 is 4.52 Å². The molecule has 1 nitrogen and oxygen atoms in total. The van der Waals surface area contributed by atoms with E-state index < -0.39 is 0 Å². The van der Waals surface area contributed by atoms with E-state index in [1.807, 2.05) is 0 Å². The second-order valence-corrected chi connectivity index (χ2v) is 6.35.